The molecule has 1 spiro atoms. The molecule has 0 aromatic heterocycles. The first kappa shape index (κ1) is 6.62. The zero-order chi connectivity index (χ0) is 6.86. The van der Waals surface area contributed by atoms with Crippen LogP contribution in [0.4, 0.5) is 0 Å². The zero-order valence-electron chi connectivity index (χ0n) is 6.36. The van der Waals surface area contributed by atoms with Crippen molar-refractivity contribution >= 4 is 0 Å². The number of hydrogen-bond acceptors (Lipinski definition) is 2. The highest BCUT2D eigenvalue weighted by Gasteiger charge is 2.38. The van der Waals surface area contributed by atoms with Gasteiger partial charge in [-0.1, -0.05) is 0 Å². The summed E-state index contributed by atoms with van der Waals surface area (Å²) in [5.74, 6) is 0. The molecule has 2 heteroatoms. The summed E-state index contributed by atoms with van der Waals surface area (Å²) in [5, 5.41) is 3.42. The molecule has 1 N–H and O–H groups in total. The lowest BCUT2D eigenvalue weighted by molar-refractivity contribution is -0.146. The van der Waals surface area contributed by atoms with Gasteiger partial charge >= 0.3 is 0 Å². The Morgan fingerprint density at radius 2 is 2.10 bits per heavy atom. The molecule has 2 fully saturated rings. The van der Waals surface area contributed by atoms with Crippen molar-refractivity contribution in [3.63, 3.8) is 0 Å². The molecular formula is C8H15NO. The topological polar surface area (TPSA) is 21.3 Å². The van der Waals surface area contributed by atoms with Gasteiger partial charge < -0.3 is 10.1 Å². The predicted octanol–water partition coefficient (Wildman–Crippen LogP) is 0.919. The van der Waals surface area contributed by atoms with Gasteiger partial charge in [-0.3, -0.25) is 0 Å². The summed E-state index contributed by atoms with van der Waals surface area (Å²) in [7, 11) is 0. The molecule has 0 saturated carbocycles. The number of nitrogens with one attached hydrogen (secondary N) is 1. The van der Waals surface area contributed by atoms with Crippen molar-refractivity contribution in [3.8, 4) is 0 Å². The molecule has 2 rings (SSSR count). The highest BCUT2D eigenvalue weighted by Crippen LogP contribution is 2.32. The normalized spacial score (nSPS) is 40.8. The van der Waals surface area contributed by atoms with E-state index in [1.807, 2.05) is 0 Å². The van der Waals surface area contributed by atoms with E-state index in [0.717, 1.165) is 13.2 Å². The molecule has 2 aliphatic rings. The summed E-state index contributed by atoms with van der Waals surface area (Å²) in [4.78, 5) is 0. The lowest BCUT2D eigenvalue weighted by Crippen LogP contribution is -2.50. The second kappa shape index (κ2) is 2.51. The SMILES string of the molecule is C1CCC2(CCO2)CNC1. The molecule has 0 radical (unpaired) electrons. The fourth-order valence-corrected chi connectivity index (χ4v) is 1.83. The minimum absolute atomic E-state index is 0.274. The van der Waals surface area contributed by atoms with Crippen molar-refractivity contribution in [2.75, 3.05) is 19.7 Å². The Hall–Kier alpha value is -0.0800. The van der Waals surface area contributed by atoms with Crippen LogP contribution in [-0.2, 0) is 4.74 Å². The lowest BCUT2D eigenvalue weighted by Gasteiger charge is -2.41. The minimum Gasteiger partial charge on any atom is -0.373 e. The van der Waals surface area contributed by atoms with E-state index >= 15 is 0 Å². The molecule has 1 unspecified atom stereocenters. The molecular weight excluding hydrogens is 126 g/mol. The van der Waals surface area contributed by atoms with E-state index in [2.05, 4.69) is 5.32 Å². The highest BCUT2D eigenvalue weighted by molar-refractivity contribution is 4.91. The van der Waals surface area contributed by atoms with Gasteiger partial charge in [0.25, 0.3) is 0 Å². The molecule has 0 aliphatic carbocycles. The molecule has 2 heterocycles. The summed E-state index contributed by atoms with van der Waals surface area (Å²) >= 11 is 0. The average molecular weight is 141 g/mol. The van der Waals surface area contributed by atoms with Crippen LogP contribution in [0.15, 0.2) is 0 Å². The Kier molecular flexibility index (Phi) is 1.66. The van der Waals surface area contributed by atoms with E-state index in [4.69, 9.17) is 4.74 Å². The van der Waals surface area contributed by atoms with Crippen molar-refractivity contribution in [1.82, 2.24) is 5.32 Å². The van der Waals surface area contributed by atoms with Crippen molar-refractivity contribution < 1.29 is 4.74 Å². The summed E-state index contributed by atoms with van der Waals surface area (Å²) in [5.41, 5.74) is 0.274. The second-order valence-electron chi connectivity index (χ2n) is 3.42. The first-order valence-corrected chi connectivity index (χ1v) is 4.26. The Bertz CT molecular complexity index is 110. The predicted molar refractivity (Wildman–Crippen MR) is 40.0 cm³/mol. The molecule has 2 nitrogen and oxygen atoms in total. The van der Waals surface area contributed by atoms with Crippen molar-refractivity contribution in [2.45, 2.75) is 31.3 Å². The summed E-state index contributed by atoms with van der Waals surface area (Å²) in [6, 6.07) is 0. The van der Waals surface area contributed by atoms with Crippen LogP contribution in [0.5, 0.6) is 0 Å². The minimum atomic E-state index is 0.274. The Balaban J connectivity index is 1.92. The van der Waals surface area contributed by atoms with Crippen LogP contribution in [0.1, 0.15) is 25.7 Å². The van der Waals surface area contributed by atoms with Crippen LogP contribution in [0.25, 0.3) is 0 Å². The Labute approximate surface area is 61.9 Å². The van der Waals surface area contributed by atoms with Gasteiger partial charge in [0, 0.05) is 13.0 Å². The van der Waals surface area contributed by atoms with Crippen LogP contribution in [-0.4, -0.2) is 25.3 Å². The number of rotatable bonds is 0. The summed E-state index contributed by atoms with van der Waals surface area (Å²) < 4.78 is 5.58. The van der Waals surface area contributed by atoms with Crippen LogP contribution in [0, 0.1) is 0 Å². The maximum absolute atomic E-state index is 5.58. The van der Waals surface area contributed by atoms with Gasteiger partial charge in [-0.25, -0.2) is 0 Å². The third-order valence-electron chi connectivity index (χ3n) is 2.65. The maximum Gasteiger partial charge on any atom is 0.0828 e. The molecule has 1 atom stereocenters. The van der Waals surface area contributed by atoms with Crippen molar-refractivity contribution in [2.24, 2.45) is 0 Å². The largest absolute Gasteiger partial charge is 0.373 e. The molecule has 0 bridgehead atoms. The van der Waals surface area contributed by atoms with E-state index in [1.165, 1.54) is 32.2 Å². The fraction of sp³-hybridized carbons (Fsp3) is 1.00. The van der Waals surface area contributed by atoms with Gasteiger partial charge in [0.1, 0.15) is 0 Å². The van der Waals surface area contributed by atoms with Gasteiger partial charge in [0.05, 0.1) is 12.2 Å². The Morgan fingerprint density at radius 1 is 1.20 bits per heavy atom. The maximum atomic E-state index is 5.58. The van der Waals surface area contributed by atoms with Gasteiger partial charge in [0.2, 0.25) is 0 Å². The van der Waals surface area contributed by atoms with E-state index in [-0.39, 0.29) is 5.60 Å². The zero-order valence-corrected chi connectivity index (χ0v) is 6.36. The monoisotopic (exact) mass is 141 g/mol. The number of hydrogen-bond donors (Lipinski definition) is 1. The van der Waals surface area contributed by atoms with Crippen molar-refractivity contribution in [3.05, 3.63) is 0 Å². The van der Waals surface area contributed by atoms with E-state index in [1.54, 1.807) is 0 Å². The van der Waals surface area contributed by atoms with Crippen LogP contribution in [0.2, 0.25) is 0 Å². The lowest BCUT2D eigenvalue weighted by atomic mass is 9.90. The van der Waals surface area contributed by atoms with Crippen molar-refractivity contribution in [1.29, 1.82) is 0 Å². The van der Waals surface area contributed by atoms with Crippen LogP contribution < -0.4 is 5.32 Å². The summed E-state index contributed by atoms with van der Waals surface area (Å²) in [6.45, 7) is 3.26. The van der Waals surface area contributed by atoms with E-state index in [9.17, 15) is 0 Å². The summed E-state index contributed by atoms with van der Waals surface area (Å²) in [6.07, 6.45) is 5.22. The third kappa shape index (κ3) is 1.06. The first-order chi connectivity index (χ1) is 4.91. The van der Waals surface area contributed by atoms with E-state index in [0.29, 0.717) is 0 Å². The fourth-order valence-electron chi connectivity index (χ4n) is 1.83. The second-order valence-corrected chi connectivity index (χ2v) is 3.42. The van der Waals surface area contributed by atoms with Gasteiger partial charge in [-0.2, -0.15) is 0 Å². The first-order valence-electron chi connectivity index (χ1n) is 4.26. The molecule has 0 aromatic rings. The highest BCUT2D eigenvalue weighted by atomic mass is 16.5. The van der Waals surface area contributed by atoms with Gasteiger partial charge in [-0.15, -0.1) is 0 Å². The molecule has 2 saturated heterocycles. The quantitative estimate of drug-likeness (QED) is 0.541. The molecule has 0 amide bonds. The van der Waals surface area contributed by atoms with Crippen LogP contribution >= 0.6 is 0 Å². The molecule has 0 aromatic carbocycles. The molecule has 2 aliphatic heterocycles. The molecule has 10 heavy (non-hydrogen) atoms. The third-order valence-corrected chi connectivity index (χ3v) is 2.65. The number of ether oxygens (including phenoxy) is 1. The molecule has 58 valence electrons. The standard InChI is InChI=1S/C8H15NO/c1-2-5-9-7-8(3-1)4-6-10-8/h9H,1-7H2. The van der Waals surface area contributed by atoms with E-state index < -0.39 is 0 Å². The van der Waals surface area contributed by atoms with Gasteiger partial charge in [-0.05, 0) is 25.8 Å². The van der Waals surface area contributed by atoms with Crippen LogP contribution in [0.3, 0.4) is 0 Å². The van der Waals surface area contributed by atoms with Gasteiger partial charge in [0.15, 0.2) is 0 Å². The Morgan fingerprint density at radius 3 is 2.80 bits per heavy atom. The smallest absolute Gasteiger partial charge is 0.0828 e. The average Bonchev–Trinajstić information content (AvgIpc) is 2.08.